The van der Waals surface area contributed by atoms with Crippen LogP contribution >= 0.6 is 7.37 Å². The Hall–Kier alpha value is -5.23. The van der Waals surface area contributed by atoms with Gasteiger partial charge in [0.05, 0.1) is 23.8 Å². The van der Waals surface area contributed by atoms with Crippen molar-refractivity contribution in [1.82, 2.24) is 0 Å². The lowest BCUT2D eigenvalue weighted by Gasteiger charge is -2.30. The van der Waals surface area contributed by atoms with E-state index >= 15 is 0 Å². The summed E-state index contributed by atoms with van der Waals surface area (Å²) in [6.45, 7) is 3.88. The lowest BCUT2D eigenvalue weighted by molar-refractivity contribution is -0.177. The zero-order valence-corrected chi connectivity index (χ0v) is 24.1. The van der Waals surface area contributed by atoms with Crippen LogP contribution in [0.4, 0.5) is 0 Å². The van der Waals surface area contributed by atoms with E-state index in [9.17, 15) is 33.3 Å². The minimum Gasteiger partial charge on any atom is -0.439 e. The normalized spacial score (nSPS) is 15.0. The van der Waals surface area contributed by atoms with Crippen molar-refractivity contribution in [1.29, 1.82) is 0 Å². The molecular formula is C29H27O14P. The number of para-hydroxylation sites is 1. The van der Waals surface area contributed by atoms with Gasteiger partial charge in [-0.15, -0.1) is 0 Å². The fourth-order valence-electron chi connectivity index (χ4n) is 3.80. The van der Waals surface area contributed by atoms with Gasteiger partial charge in [0.25, 0.3) is 7.37 Å². The van der Waals surface area contributed by atoms with E-state index in [1.807, 2.05) is 0 Å². The van der Waals surface area contributed by atoms with Crippen molar-refractivity contribution in [3.63, 3.8) is 0 Å². The molecule has 0 radical (unpaired) electrons. The van der Waals surface area contributed by atoms with E-state index in [0.29, 0.717) is 22.2 Å². The Kier molecular flexibility index (Phi) is 12.0. The van der Waals surface area contributed by atoms with Gasteiger partial charge in [-0.25, -0.2) is 9.59 Å². The molecule has 1 aliphatic heterocycles. The van der Waals surface area contributed by atoms with Crippen LogP contribution < -0.4 is 9.83 Å². The Morgan fingerprint density at radius 2 is 1.23 bits per heavy atom. The molecular weight excluding hydrogens is 603 g/mol. The van der Waals surface area contributed by atoms with Crippen molar-refractivity contribution in [2.45, 2.75) is 12.8 Å². The van der Waals surface area contributed by atoms with Gasteiger partial charge < -0.3 is 32.9 Å². The molecule has 1 aliphatic rings. The Balaban J connectivity index is 1.68. The first-order valence-corrected chi connectivity index (χ1v) is 14.6. The number of rotatable bonds is 15. The molecule has 0 N–H and O–H groups in total. The summed E-state index contributed by atoms with van der Waals surface area (Å²) < 4.78 is 48.3. The second-order valence-electron chi connectivity index (χ2n) is 8.74. The zero-order valence-electron chi connectivity index (χ0n) is 23.2. The third-order valence-electron chi connectivity index (χ3n) is 5.79. The van der Waals surface area contributed by atoms with E-state index in [2.05, 4.69) is 27.4 Å². The molecule has 0 spiro atoms. The number of hydrogen-bond acceptors (Lipinski definition) is 14. The van der Waals surface area contributed by atoms with Gasteiger partial charge in [0.1, 0.15) is 12.2 Å². The first kappa shape index (κ1) is 33.3. The monoisotopic (exact) mass is 630 g/mol. The van der Waals surface area contributed by atoms with Gasteiger partial charge in [0, 0.05) is 17.7 Å². The summed E-state index contributed by atoms with van der Waals surface area (Å²) in [5.41, 5.74) is 1.30. The summed E-state index contributed by atoms with van der Waals surface area (Å²) in [5.74, 6) is -7.19. The summed E-state index contributed by atoms with van der Waals surface area (Å²) in [7, 11) is -3.86. The number of carbonyl (C=O) groups is 6. The predicted octanol–water partition coefficient (Wildman–Crippen LogP) is 2.55. The lowest BCUT2D eigenvalue weighted by Crippen LogP contribution is -2.31. The smallest absolute Gasteiger partial charge is 0.333 e. The molecule has 14 nitrogen and oxygen atoms in total. The first-order valence-electron chi connectivity index (χ1n) is 12.8. The lowest BCUT2D eigenvalue weighted by atomic mass is 10.0. The molecule has 0 fully saturated rings. The molecule has 0 aliphatic carbocycles. The van der Waals surface area contributed by atoms with Crippen molar-refractivity contribution in [2.24, 2.45) is 5.92 Å². The van der Waals surface area contributed by atoms with Crippen LogP contribution in [0.2, 0.25) is 0 Å². The van der Waals surface area contributed by atoms with Gasteiger partial charge in [0.2, 0.25) is 20.4 Å². The first-order chi connectivity index (χ1) is 21.1. The molecule has 15 heteroatoms. The fourth-order valence-corrected chi connectivity index (χ4v) is 6.38. The molecule has 1 heterocycles. The third-order valence-corrected chi connectivity index (χ3v) is 8.32. The Bertz CT molecular complexity index is 1500. The molecule has 3 rings (SSSR count). The molecule has 0 saturated carbocycles. The molecule has 0 aromatic heterocycles. The van der Waals surface area contributed by atoms with E-state index in [4.69, 9.17) is 18.7 Å². The molecule has 0 saturated heterocycles. The minimum absolute atomic E-state index is 0.306. The molecule has 2 aromatic rings. The van der Waals surface area contributed by atoms with Crippen LogP contribution in [0.5, 0.6) is 5.75 Å². The van der Waals surface area contributed by atoms with Crippen LogP contribution in [0.25, 0.3) is 11.1 Å². The summed E-state index contributed by atoms with van der Waals surface area (Å²) in [5, 5.41) is 0.313. The van der Waals surface area contributed by atoms with Gasteiger partial charge in [-0.05, 0) is 17.7 Å². The number of ether oxygens (including phenoxy) is 6. The molecule has 0 amide bonds. The zero-order chi connectivity index (χ0) is 32.1. The summed E-state index contributed by atoms with van der Waals surface area (Å²) >= 11 is 0. The van der Waals surface area contributed by atoms with Gasteiger partial charge in [0.15, 0.2) is 0 Å². The number of carbonyl (C=O) groups excluding carboxylic acids is 6. The molecule has 0 bridgehead atoms. The van der Waals surface area contributed by atoms with Crippen molar-refractivity contribution in [3.8, 4) is 16.9 Å². The van der Waals surface area contributed by atoms with Crippen LogP contribution in [0.3, 0.4) is 0 Å². The SMILES string of the molecule is C=CC(=O)OCOC(=O)CC(=O)OCOC(=O)C(CC(=O)OCOC(=O)C=C)CP1(=O)Oc2ccccc2-c2ccccc21. The van der Waals surface area contributed by atoms with Crippen molar-refractivity contribution >= 4 is 48.5 Å². The van der Waals surface area contributed by atoms with E-state index in [-0.39, 0.29) is 0 Å². The highest BCUT2D eigenvalue weighted by molar-refractivity contribution is 7.67. The van der Waals surface area contributed by atoms with Crippen LogP contribution in [-0.2, 0) is 61.8 Å². The van der Waals surface area contributed by atoms with Crippen molar-refractivity contribution < 1.29 is 66.3 Å². The maximum absolute atomic E-state index is 14.3. The standard InChI is InChI=1S/C29H27O14P/c1-3-24(30)37-16-39-26(32)13-19(29(35)42-18-41-28(34)14-27(33)40-17-38-25(31)4-2)15-44(36)23-12-8-6-10-21(23)20-9-5-7-11-22(20)43-44/h3-12,19H,1-2,13-18H2. The number of fused-ring (bicyclic) bond motifs is 3. The van der Waals surface area contributed by atoms with Crippen molar-refractivity contribution in [2.75, 3.05) is 26.5 Å². The van der Waals surface area contributed by atoms with Gasteiger partial charge in [-0.3, -0.25) is 23.7 Å². The van der Waals surface area contributed by atoms with E-state index in [1.54, 1.807) is 48.5 Å². The topological polar surface area (TPSA) is 184 Å². The maximum atomic E-state index is 14.3. The van der Waals surface area contributed by atoms with Crippen molar-refractivity contribution in [3.05, 3.63) is 73.8 Å². The highest BCUT2D eigenvalue weighted by atomic mass is 31.2. The summed E-state index contributed by atoms with van der Waals surface area (Å²) in [6, 6.07) is 13.6. The average Bonchev–Trinajstić information content (AvgIpc) is 3.00. The Morgan fingerprint density at radius 1 is 0.705 bits per heavy atom. The Morgan fingerprint density at radius 3 is 1.84 bits per heavy atom. The number of hydrogen-bond donors (Lipinski definition) is 0. The summed E-state index contributed by atoms with van der Waals surface area (Å²) in [6.07, 6.45) is -0.390. The molecule has 2 unspecified atom stereocenters. The Labute approximate surface area is 250 Å². The van der Waals surface area contributed by atoms with Gasteiger partial charge in [-0.2, -0.15) is 0 Å². The minimum atomic E-state index is -3.86. The van der Waals surface area contributed by atoms with E-state index in [1.165, 1.54) is 0 Å². The quantitative estimate of drug-likeness (QED) is 0.0698. The van der Waals surface area contributed by atoms with E-state index < -0.39 is 88.5 Å². The van der Waals surface area contributed by atoms with E-state index in [0.717, 1.165) is 12.2 Å². The average molecular weight is 630 g/mol. The summed E-state index contributed by atoms with van der Waals surface area (Å²) in [4.78, 5) is 71.4. The number of benzene rings is 2. The maximum Gasteiger partial charge on any atom is 0.333 e. The molecule has 44 heavy (non-hydrogen) atoms. The van der Waals surface area contributed by atoms with Crippen LogP contribution in [0, 0.1) is 5.92 Å². The molecule has 232 valence electrons. The van der Waals surface area contributed by atoms with Crippen LogP contribution in [0.15, 0.2) is 73.8 Å². The highest BCUT2D eigenvalue weighted by Crippen LogP contribution is 2.55. The van der Waals surface area contributed by atoms with Gasteiger partial charge in [-0.1, -0.05) is 49.6 Å². The highest BCUT2D eigenvalue weighted by Gasteiger charge is 2.41. The second-order valence-corrected chi connectivity index (χ2v) is 11.1. The van der Waals surface area contributed by atoms with Gasteiger partial charge >= 0.3 is 35.8 Å². The molecule has 2 atom stereocenters. The number of esters is 6. The van der Waals surface area contributed by atoms with Crippen LogP contribution in [-0.4, -0.2) is 62.4 Å². The largest absolute Gasteiger partial charge is 0.439 e. The predicted molar refractivity (Wildman–Crippen MR) is 149 cm³/mol. The van der Waals surface area contributed by atoms with Crippen LogP contribution in [0.1, 0.15) is 12.8 Å². The third kappa shape index (κ3) is 9.39. The molecule has 2 aromatic carbocycles. The fraction of sp³-hybridized carbons (Fsp3) is 0.241. The second kappa shape index (κ2) is 15.8.